The number of carbonyl (C=O) groups is 1. The number of ether oxygens (including phenoxy) is 1. The molecule has 0 fully saturated rings. The van der Waals surface area contributed by atoms with Crippen molar-refractivity contribution < 1.29 is 32.2 Å². The SMILES string of the molecule is Nc1ccc(OCc2ccc(F)c(C(F)(F)F)c2)c2c1C(=O)N(CCO)C2. The number of β-amino-alcohol motifs (C(OH)–C–C–N with tert-alkyl or cyclic N) is 1. The Kier molecular flexibility index (Phi) is 4.97. The van der Waals surface area contributed by atoms with E-state index in [1.54, 1.807) is 0 Å². The first-order valence-corrected chi connectivity index (χ1v) is 8.02. The Morgan fingerprint density at radius 3 is 2.63 bits per heavy atom. The molecular weight excluding hydrogens is 368 g/mol. The summed E-state index contributed by atoms with van der Waals surface area (Å²) in [6, 6.07) is 5.63. The highest BCUT2D eigenvalue weighted by Crippen LogP contribution is 2.36. The van der Waals surface area contributed by atoms with Gasteiger partial charge in [-0.25, -0.2) is 4.39 Å². The normalized spacial score (nSPS) is 13.8. The molecule has 27 heavy (non-hydrogen) atoms. The third-order valence-corrected chi connectivity index (χ3v) is 4.25. The summed E-state index contributed by atoms with van der Waals surface area (Å²) >= 11 is 0. The fourth-order valence-corrected chi connectivity index (χ4v) is 2.95. The molecule has 2 aromatic carbocycles. The zero-order chi connectivity index (χ0) is 19.8. The molecule has 1 amide bonds. The van der Waals surface area contributed by atoms with E-state index in [1.165, 1.54) is 23.1 Å². The van der Waals surface area contributed by atoms with Crippen molar-refractivity contribution in [2.45, 2.75) is 19.3 Å². The van der Waals surface area contributed by atoms with Crippen LogP contribution in [0.3, 0.4) is 0 Å². The second-order valence-corrected chi connectivity index (χ2v) is 6.06. The second-order valence-electron chi connectivity index (χ2n) is 6.06. The molecule has 3 N–H and O–H groups in total. The first kappa shape index (κ1) is 19.0. The maximum atomic E-state index is 13.4. The van der Waals surface area contributed by atoms with Crippen molar-refractivity contribution in [2.24, 2.45) is 0 Å². The van der Waals surface area contributed by atoms with Crippen molar-refractivity contribution in [3.05, 3.63) is 58.4 Å². The number of hydrogen-bond acceptors (Lipinski definition) is 4. The van der Waals surface area contributed by atoms with Gasteiger partial charge in [-0.3, -0.25) is 4.79 Å². The van der Waals surface area contributed by atoms with Crippen LogP contribution in [0.5, 0.6) is 5.75 Å². The molecule has 144 valence electrons. The minimum absolute atomic E-state index is 0.124. The fourth-order valence-electron chi connectivity index (χ4n) is 2.95. The molecule has 0 aliphatic carbocycles. The van der Waals surface area contributed by atoms with Gasteiger partial charge in [0.15, 0.2) is 0 Å². The third-order valence-electron chi connectivity index (χ3n) is 4.25. The average Bonchev–Trinajstić information content (AvgIpc) is 2.92. The minimum Gasteiger partial charge on any atom is -0.489 e. The van der Waals surface area contributed by atoms with Crippen LogP contribution in [-0.4, -0.2) is 29.1 Å². The van der Waals surface area contributed by atoms with E-state index in [0.717, 1.165) is 6.07 Å². The average molecular weight is 384 g/mol. The Morgan fingerprint density at radius 2 is 1.96 bits per heavy atom. The van der Waals surface area contributed by atoms with Crippen LogP contribution >= 0.6 is 0 Å². The predicted molar refractivity (Wildman–Crippen MR) is 88.4 cm³/mol. The standard InChI is InChI=1S/C18H16F4N2O3/c19-13-2-1-10(7-12(13)18(20,21)22)9-27-15-4-3-14(23)16-11(15)8-24(5-6-25)17(16)26/h1-4,7,25H,5-6,8-9,23H2. The molecule has 0 radical (unpaired) electrons. The number of nitrogens with two attached hydrogens (primary N) is 1. The zero-order valence-corrected chi connectivity index (χ0v) is 14.0. The number of hydrogen-bond donors (Lipinski definition) is 2. The van der Waals surface area contributed by atoms with E-state index in [2.05, 4.69) is 0 Å². The lowest BCUT2D eigenvalue weighted by atomic mass is 10.1. The predicted octanol–water partition coefficient (Wildman–Crippen LogP) is 2.95. The van der Waals surface area contributed by atoms with Crippen LogP contribution in [0.15, 0.2) is 30.3 Å². The van der Waals surface area contributed by atoms with Gasteiger partial charge in [-0.2, -0.15) is 13.2 Å². The van der Waals surface area contributed by atoms with Gasteiger partial charge in [0.05, 0.1) is 24.3 Å². The third kappa shape index (κ3) is 3.68. The maximum absolute atomic E-state index is 13.4. The number of amides is 1. The molecule has 1 heterocycles. The smallest absolute Gasteiger partial charge is 0.419 e. The Bertz CT molecular complexity index is 884. The summed E-state index contributed by atoms with van der Waals surface area (Å²) in [4.78, 5) is 13.7. The summed E-state index contributed by atoms with van der Waals surface area (Å²) in [5, 5.41) is 9.05. The van der Waals surface area contributed by atoms with Crippen molar-refractivity contribution in [3.8, 4) is 5.75 Å². The fraction of sp³-hybridized carbons (Fsp3) is 0.278. The van der Waals surface area contributed by atoms with Gasteiger partial charge in [-0.05, 0) is 29.8 Å². The molecule has 0 unspecified atom stereocenters. The molecule has 9 heteroatoms. The molecule has 3 rings (SSSR count). The molecule has 0 aromatic heterocycles. The number of rotatable bonds is 5. The summed E-state index contributed by atoms with van der Waals surface area (Å²) in [6.45, 7) is -0.162. The maximum Gasteiger partial charge on any atom is 0.419 e. The lowest BCUT2D eigenvalue weighted by molar-refractivity contribution is -0.140. The largest absolute Gasteiger partial charge is 0.489 e. The van der Waals surface area contributed by atoms with Crippen LogP contribution < -0.4 is 10.5 Å². The van der Waals surface area contributed by atoms with Crippen molar-refractivity contribution in [1.82, 2.24) is 4.90 Å². The molecule has 1 aliphatic heterocycles. The van der Waals surface area contributed by atoms with Crippen LogP contribution in [0, 0.1) is 5.82 Å². The van der Waals surface area contributed by atoms with Crippen molar-refractivity contribution in [2.75, 3.05) is 18.9 Å². The number of nitrogens with zero attached hydrogens (tertiary/aromatic N) is 1. The highest BCUT2D eigenvalue weighted by molar-refractivity contribution is 6.03. The quantitative estimate of drug-likeness (QED) is 0.614. The molecular formula is C18H16F4N2O3. The van der Waals surface area contributed by atoms with Gasteiger partial charge >= 0.3 is 6.18 Å². The highest BCUT2D eigenvalue weighted by Gasteiger charge is 2.34. The van der Waals surface area contributed by atoms with Crippen LogP contribution in [0.25, 0.3) is 0 Å². The van der Waals surface area contributed by atoms with E-state index in [1.807, 2.05) is 0 Å². The number of nitrogen functional groups attached to an aromatic ring is 1. The van der Waals surface area contributed by atoms with Gasteiger partial charge in [0, 0.05) is 17.8 Å². The summed E-state index contributed by atoms with van der Waals surface area (Å²) in [6.07, 6.45) is -4.81. The lowest BCUT2D eigenvalue weighted by Crippen LogP contribution is -2.27. The van der Waals surface area contributed by atoms with Gasteiger partial charge in [-0.1, -0.05) is 6.07 Å². The van der Waals surface area contributed by atoms with E-state index < -0.39 is 17.6 Å². The van der Waals surface area contributed by atoms with Crippen LogP contribution in [0.1, 0.15) is 27.0 Å². The van der Waals surface area contributed by atoms with Gasteiger partial charge in [0.25, 0.3) is 5.91 Å². The topological polar surface area (TPSA) is 75.8 Å². The Balaban J connectivity index is 1.84. The number of carbonyl (C=O) groups excluding carboxylic acids is 1. The van der Waals surface area contributed by atoms with Crippen LogP contribution in [-0.2, 0) is 19.3 Å². The van der Waals surface area contributed by atoms with Gasteiger partial charge < -0.3 is 20.5 Å². The van der Waals surface area contributed by atoms with E-state index >= 15 is 0 Å². The number of halogens is 4. The number of benzene rings is 2. The van der Waals surface area contributed by atoms with E-state index in [4.69, 9.17) is 15.6 Å². The highest BCUT2D eigenvalue weighted by atomic mass is 19.4. The second kappa shape index (κ2) is 7.07. The summed E-state index contributed by atoms with van der Waals surface area (Å²) in [5.74, 6) is -1.40. The summed E-state index contributed by atoms with van der Waals surface area (Å²) in [7, 11) is 0. The number of fused-ring (bicyclic) bond motifs is 1. The Labute approximate surface area is 152 Å². The first-order valence-electron chi connectivity index (χ1n) is 8.02. The van der Waals surface area contributed by atoms with E-state index in [-0.39, 0.29) is 49.0 Å². The molecule has 0 spiro atoms. The number of aliphatic hydroxyl groups is 1. The Hall–Kier alpha value is -2.81. The van der Waals surface area contributed by atoms with Crippen molar-refractivity contribution in [3.63, 3.8) is 0 Å². The van der Waals surface area contributed by atoms with Crippen molar-refractivity contribution >= 4 is 11.6 Å². The molecule has 0 saturated carbocycles. The molecule has 0 atom stereocenters. The molecule has 5 nitrogen and oxygen atoms in total. The van der Waals surface area contributed by atoms with E-state index in [9.17, 15) is 22.4 Å². The lowest BCUT2D eigenvalue weighted by Gasteiger charge is -2.14. The zero-order valence-electron chi connectivity index (χ0n) is 14.0. The van der Waals surface area contributed by atoms with Gasteiger partial charge in [0.1, 0.15) is 18.2 Å². The van der Waals surface area contributed by atoms with E-state index in [0.29, 0.717) is 17.4 Å². The number of alkyl halides is 3. The summed E-state index contributed by atoms with van der Waals surface area (Å²) in [5.41, 5.74) is 5.63. The van der Waals surface area contributed by atoms with Gasteiger partial charge in [0.2, 0.25) is 0 Å². The van der Waals surface area contributed by atoms with Crippen LogP contribution in [0.4, 0.5) is 23.2 Å². The molecule has 0 bridgehead atoms. The number of anilines is 1. The minimum atomic E-state index is -4.81. The molecule has 0 saturated heterocycles. The summed E-state index contributed by atoms with van der Waals surface area (Å²) < 4.78 is 57.4. The molecule has 1 aliphatic rings. The number of aliphatic hydroxyl groups excluding tert-OH is 1. The Morgan fingerprint density at radius 1 is 1.22 bits per heavy atom. The first-order chi connectivity index (χ1) is 12.7. The molecule has 2 aromatic rings. The van der Waals surface area contributed by atoms with Crippen LogP contribution in [0.2, 0.25) is 0 Å². The van der Waals surface area contributed by atoms with Crippen molar-refractivity contribution in [1.29, 1.82) is 0 Å². The van der Waals surface area contributed by atoms with Gasteiger partial charge in [-0.15, -0.1) is 0 Å². The monoisotopic (exact) mass is 384 g/mol.